The monoisotopic (exact) mass is 349 g/mol. The van der Waals surface area contributed by atoms with Crippen LogP contribution in [0.4, 0.5) is 10.5 Å². The number of carbonyl (C=O) groups excluding carboxylic acids is 1. The van der Waals surface area contributed by atoms with Gasteiger partial charge in [0.2, 0.25) is 0 Å². The van der Waals surface area contributed by atoms with Gasteiger partial charge in [0.15, 0.2) is 0 Å². The Kier molecular flexibility index (Phi) is 4.80. The lowest BCUT2D eigenvalue weighted by Gasteiger charge is -2.20. The van der Waals surface area contributed by atoms with Crippen LogP contribution in [-0.4, -0.2) is 16.7 Å². The van der Waals surface area contributed by atoms with Crippen molar-refractivity contribution in [1.82, 2.24) is 10.3 Å². The number of hydrogen-bond donors (Lipinski definition) is 2. The van der Waals surface area contributed by atoms with Gasteiger partial charge in [-0.3, -0.25) is 0 Å². The van der Waals surface area contributed by atoms with Gasteiger partial charge in [-0.05, 0) is 38.5 Å². The van der Waals surface area contributed by atoms with Crippen molar-refractivity contribution in [3.8, 4) is 11.3 Å². The Bertz CT molecular complexity index is 945. The molecule has 2 aromatic carbocycles. The van der Waals surface area contributed by atoms with Crippen molar-refractivity contribution >= 4 is 22.7 Å². The SMILES string of the molecule is CC(C)(C)OC(=O)NCc1ccccc1-c1ccc2cccc(N)c2n1. The molecule has 3 N–H and O–H groups in total. The van der Waals surface area contributed by atoms with Gasteiger partial charge < -0.3 is 15.8 Å². The van der Waals surface area contributed by atoms with Gasteiger partial charge in [-0.2, -0.15) is 0 Å². The minimum Gasteiger partial charge on any atom is -0.444 e. The predicted molar refractivity (Wildman–Crippen MR) is 105 cm³/mol. The second kappa shape index (κ2) is 7.04. The molecule has 26 heavy (non-hydrogen) atoms. The number of anilines is 1. The van der Waals surface area contributed by atoms with Crippen LogP contribution in [0.3, 0.4) is 0 Å². The summed E-state index contributed by atoms with van der Waals surface area (Å²) in [7, 11) is 0. The van der Waals surface area contributed by atoms with Crippen LogP contribution >= 0.6 is 0 Å². The van der Waals surface area contributed by atoms with Crippen molar-refractivity contribution in [3.05, 3.63) is 60.2 Å². The van der Waals surface area contributed by atoms with E-state index in [1.54, 1.807) is 0 Å². The molecule has 0 fully saturated rings. The minimum absolute atomic E-state index is 0.356. The van der Waals surface area contributed by atoms with Gasteiger partial charge >= 0.3 is 6.09 Å². The number of fused-ring (bicyclic) bond motifs is 1. The largest absolute Gasteiger partial charge is 0.444 e. The van der Waals surface area contributed by atoms with E-state index in [2.05, 4.69) is 5.32 Å². The van der Waals surface area contributed by atoms with Crippen molar-refractivity contribution in [3.63, 3.8) is 0 Å². The van der Waals surface area contributed by atoms with Gasteiger partial charge in [-0.1, -0.05) is 42.5 Å². The first kappa shape index (κ1) is 17.7. The molecular formula is C21H23N3O2. The lowest BCUT2D eigenvalue weighted by atomic mass is 10.0. The smallest absolute Gasteiger partial charge is 0.407 e. The van der Waals surface area contributed by atoms with Crippen LogP contribution in [0.25, 0.3) is 22.2 Å². The maximum Gasteiger partial charge on any atom is 0.407 e. The molecule has 0 aliphatic rings. The van der Waals surface area contributed by atoms with E-state index in [1.807, 2.05) is 75.4 Å². The third kappa shape index (κ3) is 4.11. The second-order valence-corrected chi connectivity index (χ2v) is 7.13. The average molecular weight is 349 g/mol. The number of nitrogens with zero attached hydrogens (tertiary/aromatic N) is 1. The van der Waals surface area contributed by atoms with Crippen molar-refractivity contribution in [2.24, 2.45) is 0 Å². The molecule has 3 aromatic rings. The summed E-state index contributed by atoms with van der Waals surface area (Å²) in [5.74, 6) is 0. The van der Waals surface area contributed by atoms with Gasteiger partial charge in [-0.15, -0.1) is 0 Å². The Morgan fingerprint density at radius 1 is 1.08 bits per heavy atom. The number of nitrogen functional groups attached to an aromatic ring is 1. The topological polar surface area (TPSA) is 77.2 Å². The normalized spacial score (nSPS) is 11.3. The van der Waals surface area contributed by atoms with Gasteiger partial charge in [0.25, 0.3) is 0 Å². The lowest BCUT2D eigenvalue weighted by molar-refractivity contribution is 0.0523. The maximum absolute atomic E-state index is 11.9. The molecule has 1 aromatic heterocycles. The van der Waals surface area contributed by atoms with Crippen LogP contribution in [0.5, 0.6) is 0 Å². The van der Waals surface area contributed by atoms with E-state index in [4.69, 9.17) is 15.5 Å². The third-order valence-corrected chi connectivity index (χ3v) is 3.87. The van der Waals surface area contributed by atoms with Gasteiger partial charge in [-0.25, -0.2) is 9.78 Å². The molecule has 5 nitrogen and oxygen atoms in total. The quantitative estimate of drug-likeness (QED) is 0.682. The highest BCUT2D eigenvalue weighted by atomic mass is 16.6. The average Bonchev–Trinajstić information content (AvgIpc) is 2.59. The molecule has 0 aliphatic carbocycles. The molecule has 0 atom stereocenters. The molecule has 0 saturated heterocycles. The molecule has 1 amide bonds. The van der Waals surface area contributed by atoms with Gasteiger partial charge in [0, 0.05) is 17.5 Å². The summed E-state index contributed by atoms with van der Waals surface area (Å²) in [6.45, 7) is 5.87. The number of amides is 1. The fraction of sp³-hybridized carbons (Fsp3) is 0.238. The molecule has 0 bridgehead atoms. The summed E-state index contributed by atoms with van der Waals surface area (Å²) >= 11 is 0. The number of ether oxygens (including phenoxy) is 1. The molecule has 1 heterocycles. The van der Waals surface area contributed by atoms with E-state index >= 15 is 0 Å². The Hall–Kier alpha value is -3.08. The number of para-hydroxylation sites is 1. The Balaban J connectivity index is 1.88. The Morgan fingerprint density at radius 2 is 1.85 bits per heavy atom. The number of pyridine rings is 1. The van der Waals surface area contributed by atoms with Crippen molar-refractivity contribution in [2.45, 2.75) is 32.9 Å². The fourth-order valence-electron chi connectivity index (χ4n) is 2.73. The first-order chi connectivity index (χ1) is 12.3. The number of aromatic nitrogens is 1. The van der Waals surface area contributed by atoms with E-state index < -0.39 is 11.7 Å². The molecule has 0 radical (unpaired) electrons. The molecular weight excluding hydrogens is 326 g/mol. The summed E-state index contributed by atoms with van der Waals surface area (Å²) in [4.78, 5) is 16.7. The van der Waals surface area contributed by atoms with Gasteiger partial charge in [0.05, 0.1) is 16.9 Å². The van der Waals surface area contributed by atoms with Crippen LogP contribution in [0.15, 0.2) is 54.6 Å². The molecule has 134 valence electrons. The maximum atomic E-state index is 11.9. The molecule has 0 saturated carbocycles. The van der Waals surface area contributed by atoms with Crippen molar-refractivity contribution in [2.75, 3.05) is 5.73 Å². The minimum atomic E-state index is -0.527. The van der Waals surface area contributed by atoms with E-state index in [0.29, 0.717) is 12.2 Å². The van der Waals surface area contributed by atoms with E-state index in [9.17, 15) is 4.79 Å². The summed E-state index contributed by atoms with van der Waals surface area (Å²) in [6, 6.07) is 17.6. The van der Waals surface area contributed by atoms with Crippen molar-refractivity contribution < 1.29 is 9.53 Å². The van der Waals surface area contributed by atoms with E-state index in [0.717, 1.165) is 27.7 Å². The fourth-order valence-corrected chi connectivity index (χ4v) is 2.73. The molecule has 3 rings (SSSR count). The van der Waals surface area contributed by atoms with Crippen LogP contribution in [-0.2, 0) is 11.3 Å². The Morgan fingerprint density at radius 3 is 2.62 bits per heavy atom. The van der Waals surface area contributed by atoms with Crippen LogP contribution in [0.1, 0.15) is 26.3 Å². The standard InChI is InChI=1S/C21H23N3O2/c1-21(2,3)26-20(25)23-13-15-7-4-5-9-16(15)18-12-11-14-8-6-10-17(22)19(14)24-18/h4-12H,13,22H2,1-3H3,(H,23,25). The highest BCUT2D eigenvalue weighted by Crippen LogP contribution is 2.26. The first-order valence-corrected chi connectivity index (χ1v) is 8.54. The first-order valence-electron chi connectivity index (χ1n) is 8.54. The highest BCUT2D eigenvalue weighted by molar-refractivity contribution is 5.91. The third-order valence-electron chi connectivity index (χ3n) is 3.87. The van der Waals surface area contributed by atoms with E-state index in [-0.39, 0.29) is 0 Å². The second-order valence-electron chi connectivity index (χ2n) is 7.13. The zero-order valence-corrected chi connectivity index (χ0v) is 15.2. The summed E-state index contributed by atoms with van der Waals surface area (Å²) < 4.78 is 5.30. The van der Waals surface area contributed by atoms with Gasteiger partial charge in [0.1, 0.15) is 5.60 Å². The molecule has 5 heteroatoms. The summed E-state index contributed by atoms with van der Waals surface area (Å²) in [6.07, 6.45) is -0.442. The molecule has 0 spiro atoms. The van der Waals surface area contributed by atoms with Crippen LogP contribution < -0.4 is 11.1 Å². The highest BCUT2D eigenvalue weighted by Gasteiger charge is 2.16. The number of hydrogen-bond acceptors (Lipinski definition) is 4. The van der Waals surface area contributed by atoms with Crippen LogP contribution in [0.2, 0.25) is 0 Å². The van der Waals surface area contributed by atoms with Crippen LogP contribution in [0, 0.1) is 0 Å². The zero-order valence-electron chi connectivity index (χ0n) is 15.2. The number of alkyl carbamates (subject to hydrolysis) is 1. The van der Waals surface area contributed by atoms with Crippen molar-refractivity contribution in [1.29, 1.82) is 0 Å². The number of nitrogens with one attached hydrogen (secondary N) is 1. The summed E-state index contributed by atoms with van der Waals surface area (Å²) in [5, 5.41) is 3.80. The zero-order chi connectivity index (χ0) is 18.7. The van der Waals surface area contributed by atoms with E-state index in [1.165, 1.54) is 0 Å². The summed E-state index contributed by atoms with van der Waals surface area (Å²) in [5.41, 5.74) is 9.69. The molecule has 0 unspecified atom stereocenters. The predicted octanol–water partition coefficient (Wildman–Crippen LogP) is 4.51. The number of carbonyl (C=O) groups is 1. The lowest BCUT2D eigenvalue weighted by Crippen LogP contribution is -2.32. The number of rotatable bonds is 3. The Labute approximate surface area is 153 Å². The number of nitrogens with two attached hydrogens (primary N) is 1. The molecule has 0 aliphatic heterocycles. The number of benzene rings is 2.